The molecule has 0 saturated carbocycles. The molecule has 0 aliphatic carbocycles. The van der Waals surface area contributed by atoms with E-state index < -0.39 is 0 Å². The zero-order valence-corrected chi connectivity index (χ0v) is 10.6. The minimum absolute atomic E-state index is 0.299. The molecule has 0 spiro atoms. The Morgan fingerprint density at radius 3 is 2.69 bits per heavy atom. The van der Waals surface area contributed by atoms with Gasteiger partial charge in [-0.3, -0.25) is 0 Å². The number of hydrogen-bond donors (Lipinski definition) is 1. The summed E-state index contributed by atoms with van der Waals surface area (Å²) in [7, 11) is 0. The van der Waals surface area contributed by atoms with Crippen LogP contribution in [0.25, 0.3) is 0 Å². The number of ether oxygens (including phenoxy) is 1. The SMILES string of the molecule is CCCC(C)Oc1ccccc1CNCC. The van der Waals surface area contributed by atoms with Crippen LogP contribution >= 0.6 is 0 Å². The second-order valence-corrected chi connectivity index (χ2v) is 4.11. The molecule has 2 nitrogen and oxygen atoms in total. The van der Waals surface area contributed by atoms with Crippen molar-refractivity contribution in [3.8, 4) is 5.75 Å². The van der Waals surface area contributed by atoms with Crippen LogP contribution in [0.5, 0.6) is 5.75 Å². The van der Waals surface area contributed by atoms with Crippen LogP contribution in [0.2, 0.25) is 0 Å². The molecule has 1 aromatic carbocycles. The van der Waals surface area contributed by atoms with Crippen LogP contribution < -0.4 is 10.1 Å². The van der Waals surface area contributed by atoms with Crippen LogP contribution in [0.4, 0.5) is 0 Å². The van der Waals surface area contributed by atoms with E-state index in [0.29, 0.717) is 6.10 Å². The maximum atomic E-state index is 5.94. The molecule has 0 amide bonds. The minimum atomic E-state index is 0.299. The summed E-state index contributed by atoms with van der Waals surface area (Å²) in [5.74, 6) is 1.02. The summed E-state index contributed by atoms with van der Waals surface area (Å²) in [5, 5.41) is 3.33. The zero-order chi connectivity index (χ0) is 11.8. The van der Waals surface area contributed by atoms with Crippen molar-refractivity contribution in [2.45, 2.75) is 46.3 Å². The molecule has 1 atom stereocenters. The number of benzene rings is 1. The predicted octanol–water partition coefficient (Wildman–Crippen LogP) is 3.36. The molecule has 0 aromatic heterocycles. The lowest BCUT2D eigenvalue weighted by Crippen LogP contribution is -2.16. The predicted molar refractivity (Wildman–Crippen MR) is 68.8 cm³/mol. The summed E-state index contributed by atoms with van der Waals surface area (Å²) in [6.07, 6.45) is 2.57. The highest BCUT2D eigenvalue weighted by Gasteiger charge is 2.06. The molecule has 1 N–H and O–H groups in total. The first-order chi connectivity index (χ1) is 7.77. The van der Waals surface area contributed by atoms with E-state index in [1.54, 1.807) is 0 Å². The van der Waals surface area contributed by atoms with E-state index in [9.17, 15) is 0 Å². The van der Waals surface area contributed by atoms with Crippen LogP contribution in [0, 0.1) is 0 Å². The van der Waals surface area contributed by atoms with E-state index in [0.717, 1.165) is 31.7 Å². The lowest BCUT2D eigenvalue weighted by Gasteiger charge is -2.17. The van der Waals surface area contributed by atoms with Crippen LogP contribution in [-0.4, -0.2) is 12.6 Å². The van der Waals surface area contributed by atoms with Gasteiger partial charge in [0.2, 0.25) is 0 Å². The molecule has 1 aromatic rings. The zero-order valence-electron chi connectivity index (χ0n) is 10.6. The van der Waals surface area contributed by atoms with Crippen molar-refractivity contribution >= 4 is 0 Å². The summed E-state index contributed by atoms with van der Waals surface area (Å²) < 4.78 is 5.94. The molecule has 1 rings (SSSR count). The van der Waals surface area contributed by atoms with Gasteiger partial charge in [-0.1, -0.05) is 38.5 Å². The second kappa shape index (κ2) is 7.29. The lowest BCUT2D eigenvalue weighted by atomic mass is 10.2. The van der Waals surface area contributed by atoms with Crippen molar-refractivity contribution in [2.24, 2.45) is 0 Å². The maximum Gasteiger partial charge on any atom is 0.124 e. The molecule has 16 heavy (non-hydrogen) atoms. The molecular weight excluding hydrogens is 198 g/mol. The average Bonchev–Trinajstić information content (AvgIpc) is 2.28. The fourth-order valence-corrected chi connectivity index (χ4v) is 1.71. The molecule has 0 aliphatic rings. The van der Waals surface area contributed by atoms with Crippen molar-refractivity contribution in [2.75, 3.05) is 6.54 Å². The summed E-state index contributed by atoms with van der Waals surface area (Å²) in [6.45, 7) is 8.30. The van der Waals surface area contributed by atoms with Gasteiger partial charge in [-0.05, 0) is 26.0 Å². The van der Waals surface area contributed by atoms with E-state index in [1.807, 2.05) is 6.07 Å². The van der Waals surface area contributed by atoms with Gasteiger partial charge in [0, 0.05) is 12.1 Å². The van der Waals surface area contributed by atoms with Crippen molar-refractivity contribution < 1.29 is 4.74 Å². The minimum Gasteiger partial charge on any atom is -0.490 e. The van der Waals surface area contributed by atoms with E-state index >= 15 is 0 Å². The number of para-hydroxylation sites is 1. The smallest absolute Gasteiger partial charge is 0.124 e. The molecule has 2 heteroatoms. The van der Waals surface area contributed by atoms with E-state index in [1.165, 1.54) is 5.56 Å². The van der Waals surface area contributed by atoms with Crippen LogP contribution in [0.1, 0.15) is 39.2 Å². The van der Waals surface area contributed by atoms with Crippen molar-refractivity contribution in [1.82, 2.24) is 5.32 Å². The quantitative estimate of drug-likeness (QED) is 0.762. The third-order valence-corrected chi connectivity index (χ3v) is 2.56. The Morgan fingerprint density at radius 2 is 2.00 bits per heavy atom. The van der Waals surface area contributed by atoms with Gasteiger partial charge in [-0.2, -0.15) is 0 Å². The van der Waals surface area contributed by atoms with Gasteiger partial charge in [-0.25, -0.2) is 0 Å². The highest BCUT2D eigenvalue weighted by Crippen LogP contribution is 2.20. The first kappa shape index (κ1) is 13.0. The highest BCUT2D eigenvalue weighted by molar-refractivity contribution is 5.33. The maximum absolute atomic E-state index is 5.94. The second-order valence-electron chi connectivity index (χ2n) is 4.11. The third kappa shape index (κ3) is 4.23. The Hall–Kier alpha value is -1.02. The van der Waals surface area contributed by atoms with Crippen molar-refractivity contribution in [3.05, 3.63) is 29.8 Å². The normalized spacial score (nSPS) is 12.4. The number of hydrogen-bond acceptors (Lipinski definition) is 2. The standard InChI is InChI=1S/C14H23NO/c1-4-8-12(3)16-14-10-7-6-9-13(14)11-15-5-2/h6-7,9-10,12,15H,4-5,8,11H2,1-3H3. The van der Waals surface area contributed by atoms with Crippen LogP contribution in [-0.2, 0) is 6.54 Å². The Labute approximate surface area is 99.0 Å². The van der Waals surface area contributed by atoms with Crippen molar-refractivity contribution in [3.63, 3.8) is 0 Å². The highest BCUT2D eigenvalue weighted by atomic mass is 16.5. The summed E-state index contributed by atoms with van der Waals surface area (Å²) in [4.78, 5) is 0. The largest absolute Gasteiger partial charge is 0.490 e. The Bertz CT molecular complexity index is 299. The molecule has 1 unspecified atom stereocenters. The van der Waals surface area contributed by atoms with Gasteiger partial charge in [0.15, 0.2) is 0 Å². The van der Waals surface area contributed by atoms with Crippen LogP contribution in [0.15, 0.2) is 24.3 Å². The summed E-state index contributed by atoms with van der Waals surface area (Å²) >= 11 is 0. The van der Waals surface area contributed by atoms with Crippen molar-refractivity contribution in [1.29, 1.82) is 0 Å². The van der Waals surface area contributed by atoms with Gasteiger partial charge >= 0.3 is 0 Å². The van der Waals surface area contributed by atoms with Gasteiger partial charge in [0.1, 0.15) is 5.75 Å². The average molecular weight is 221 g/mol. The molecule has 0 fully saturated rings. The fraction of sp³-hybridized carbons (Fsp3) is 0.571. The number of nitrogens with one attached hydrogen (secondary N) is 1. The third-order valence-electron chi connectivity index (χ3n) is 2.56. The first-order valence-corrected chi connectivity index (χ1v) is 6.23. The molecule has 90 valence electrons. The summed E-state index contributed by atoms with van der Waals surface area (Å²) in [6, 6.07) is 8.27. The topological polar surface area (TPSA) is 21.3 Å². The fourth-order valence-electron chi connectivity index (χ4n) is 1.71. The lowest BCUT2D eigenvalue weighted by molar-refractivity contribution is 0.207. The Morgan fingerprint density at radius 1 is 1.25 bits per heavy atom. The molecule has 0 heterocycles. The summed E-state index contributed by atoms with van der Waals surface area (Å²) in [5.41, 5.74) is 1.24. The molecule has 0 saturated heterocycles. The van der Waals surface area contributed by atoms with Gasteiger partial charge in [0.05, 0.1) is 6.10 Å². The number of rotatable bonds is 7. The molecule has 0 bridgehead atoms. The molecule has 0 aliphatic heterocycles. The van der Waals surface area contributed by atoms with Gasteiger partial charge < -0.3 is 10.1 Å². The first-order valence-electron chi connectivity index (χ1n) is 6.23. The molecular formula is C14H23NO. The van der Waals surface area contributed by atoms with E-state index in [-0.39, 0.29) is 0 Å². The van der Waals surface area contributed by atoms with Crippen LogP contribution in [0.3, 0.4) is 0 Å². The van der Waals surface area contributed by atoms with E-state index in [2.05, 4.69) is 44.3 Å². The Kier molecular flexibility index (Phi) is 5.94. The van der Waals surface area contributed by atoms with Gasteiger partial charge in [0.25, 0.3) is 0 Å². The van der Waals surface area contributed by atoms with E-state index in [4.69, 9.17) is 4.74 Å². The van der Waals surface area contributed by atoms with Gasteiger partial charge in [-0.15, -0.1) is 0 Å². The monoisotopic (exact) mass is 221 g/mol. The molecule has 0 radical (unpaired) electrons. The Balaban J connectivity index is 2.62.